The molecule has 5 nitrogen and oxygen atoms in total. The Hall–Kier alpha value is -0.880. The number of nitrogens with two attached hydrogens (primary N) is 1. The largest absolute Gasteiger partial charge is 0.480 e. The Kier molecular flexibility index (Phi) is 3.91. The zero-order valence-corrected chi connectivity index (χ0v) is 8.74. The Morgan fingerprint density at radius 3 is 3.00 bits per heavy atom. The van der Waals surface area contributed by atoms with Gasteiger partial charge in [-0.1, -0.05) is 0 Å². The number of halogens is 1. The first kappa shape index (κ1) is 10.2. The van der Waals surface area contributed by atoms with Crippen LogP contribution < -0.4 is 15.2 Å². The smallest absolute Gasteiger partial charge is 0.319 e. The fraction of sp³-hybridized carbons (Fsp3) is 0.429. The first-order chi connectivity index (χ1) is 6.27. The van der Waals surface area contributed by atoms with Gasteiger partial charge in [-0.05, 0) is 15.9 Å². The standard InChI is InChI=1S/C7H10BrN3O2/c1-12-6-5(8)4-10-7(11-6)13-3-2-9/h4H,2-3,9H2,1H3. The van der Waals surface area contributed by atoms with Crippen molar-refractivity contribution in [3.05, 3.63) is 10.7 Å². The zero-order valence-electron chi connectivity index (χ0n) is 7.16. The maximum Gasteiger partial charge on any atom is 0.319 e. The fourth-order valence-electron chi connectivity index (χ4n) is 0.699. The molecule has 72 valence electrons. The second-order valence-electron chi connectivity index (χ2n) is 2.15. The molecule has 0 atom stereocenters. The molecule has 0 saturated carbocycles. The molecule has 0 bridgehead atoms. The van der Waals surface area contributed by atoms with E-state index in [9.17, 15) is 0 Å². The van der Waals surface area contributed by atoms with Gasteiger partial charge in [0.05, 0.1) is 17.8 Å². The van der Waals surface area contributed by atoms with E-state index in [1.165, 1.54) is 7.11 Å². The highest BCUT2D eigenvalue weighted by Crippen LogP contribution is 2.22. The molecule has 0 amide bonds. The van der Waals surface area contributed by atoms with Crippen LogP contribution in [0.3, 0.4) is 0 Å². The van der Waals surface area contributed by atoms with Gasteiger partial charge >= 0.3 is 6.01 Å². The van der Waals surface area contributed by atoms with Crippen LogP contribution in [-0.2, 0) is 0 Å². The van der Waals surface area contributed by atoms with Gasteiger partial charge in [-0.2, -0.15) is 4.98 Å². The van der Waals surface area contributed by atoms with E-state index in [-0.39, 0.29) is 6.01 Å². The lowest BCUT2D eigenvalue weighted by molar-refractivity contribution is 0.292. The van der Waals surface area contributed by atoms with Gasteiger partial charge in [0.1, 0.15) is 6.61 Å². The van der Waals surface area contributed by atoms with Crippen LogP contribution in [0, 0.1) is 0 Å². The molecule has 6 heteroatoms. The number of rotatable bonds is 4. The van der Waals surface area contributed by atoms with Gasteiger partial charge in [-0.15, -0.1) is 0 Å². The summed E-state index contributed by atoms with van der Waals surface area (Å²) < 4.78 is 10.8. The van der Waals surface area contributed by atoms with Gasteiger partial charge in [-0.3, -0.25) is 0 Å². The van der Waals surface area contributed by atoms with Crippen molar-refractivity contribution in [3.8, 4) is 11.9 Å². The van der Waals surface area contributed by atoms with Gasteiger partial charge in [0.2, 0.25) is 5.88 Å². The van der Waals surface area contributed by atoms with Crippen LogP contribution in [0.5, 0.6) is 11.9 Å². The third-order valence-corrected chi connectivity index (χ3v) is 1.78. The second kappa shape index (κ2) is 4.98. The number of methoxy groups -OCH3 is 1. The highest BCUT2D eigenvalue weighted by Gasteiger charge is 2.04. The van der Waals surface area contributed by atoms with E-state index >= 15 is 0 Å². The summed E-state index contributed by atoms with van der Waals surface area (Å²) in [7, 11) is 1.53. The Morgan fingerprint density at radius 2 is 2.38 bits per heavy atom. The minimum Gasteiger partial charge on any atom is -0.480 e. The molecule has 0 aliphatic rings. The molecular weight excluding hydrogens is 238 g/mol. The quantitative estimate of drug-likeness (QED) is 0.844. The first-order valence-electron chi connectivity index (χ1n) is 3.67. The average Bonchev–Trinajstić information content (AvgIpc) is 2.16. The molecule has 0 aromatic carbocycles. The summed E-state index contributed by atoms with van der Waals surface area (Å²) in [6.45, 7) is 0.826. The summed E-state index contributed by atoms with van der Waals surface area (Å²) in [6, 6.07) is 0.269. The average molecular weight is 248 g/mol. The molecule has 1 aromatic heterocycles. The van der Waals surface area contributed by atoms with Crippen molar-refractivity contribution in [1.82, 2.24) is 9.97 Å². The lowest BCUT2D eigenvalue weighted by atomic mass is 10.6. The molecule has 2 N–H and O–H groups in total. The monoisotopic (exact) mass is 247 g/mol. The van der Waals surface area contributed by atoms with Crippen molar-refractivity contribution in [2.75, 3.05) is 20.3 Å². The van der Waals surface area contributed by atoms with E-state index in [0.717, 1.165) is 0 Å². The van der Waals surface area contributed by atoms with E-state index in [2.05, 4.69) is 25.9 Å². The van der Waals surface area contributed by atoms with Crippen LogP contribution in [-0.4, -0.2) is 30.2 Å². The minimum atomic E-state index is 0.269. The SMILES string of the molecule is COc1nc(OCCN)ncc1Br. The summed E-state index contributed by atoms with van der Waals surface area (Å²) in [4.78, 5) is 7.88. The van der Waals surface area contributed by atoms with Crippen LogP contribution >= 0.6 is 15.9 Å². The van der Waals surface area contributed by atoms with Crippen molar-refractivity contribution in [2.45, 2.75) is 0 Å². The second-order valence-corrected chi connectivity index (χ2v) is 3.00. The van der Waals surface area contributed by atoms with Crippen LogP contribution in [0.15, 0.2) is 10.7 Å². The highest BCUT2D eigenvalue weighted by atomic mass is 79.9. The van der Waals surface area contributed by atoms with Crippen LogP contribution in [0.1, 0.15) is 0 Å². The van der Waals surface area contributed by atoms with Crippen molar-refractivity contribution in [2.24, 2.45) is 5.73 Å². The molecular formula is C7H10BrN3O2. The maximum atomic E-state index is 5.26. The summed E-state index contributed by atoms with van der Waals surface area (Å²) in [5, 5.41) is 0. The third kappa shape index (κ3) is 2.82. The van der Waals surface area contributed by atoms with E-state index in [0.29, 0.717) is 23.5 Å². The predicted molar refractivity (Wildman–Crippen MR) is 50.8 cm³/mol. The Bertz CT molecular complexity index is 282. The molecule has 0 saturated heterocycles. The molecule has 1 heterocycles. The number of hydrogen-bond donors (Lipinski definition) is 1. The predicted octanol–water partition coefficient (Wildman–Crippen LogP) is 0.585. The summed E-state index contributed by atoms with van der Waals surface area (Å²) in [5.41, 5.74) is 5.26. The van der Waals surface area contributed by atoms with Crippen LogP contribution in [0.25, 0.3) is 0 Å². The van der Waals surface area contributed by atoms with E-state index in [4.69, 9.17) is 15.2 Å². The lowest BCUT2D eigenvalue weighted by Crippen LogP contribution is -2.12. The third-order valence-electron chi connectivity index (χ3n) is 1.23. The molecule has 1 aromatic rings. The van der Waals surface area contributed by atoms with Crippen molar-refractivity contribution in [3.63, 3.8) is 0 Å². The number of aromatic nitrogens is 2. The zero-order chi connectivity index (χ0) is 9.68. The van der Waals surface area contributed by atoms with Crippen molar-refractivity contribution in [1.29, 1.82) is 0 Å². The molecule has 0 fully saturated rings. The number of nitrogens with zero attached hydrogens (tertiary/aromatic N) is 2. The van der Waals surface area contributed by atoms with Crippen LogP contribution in [0.4, 0.5) is 0 Å². The molecule has 1 rings (SSSR count). The maximum absolute atomic E-state index is 5.26. The lowest BCUT2D eigenvalue weighted by Gasteiger charge is -2.04. The van der Waals surface area contributed by atoms with Gasteiger partial charge in [-0.25, -0.2) is 4.98 Å². The fourth-order valence-corrected chi connectivity index (χ4v) is 1.05. The Balaban J connectivity index is 2.74. The summed E-state index contributed by atoms with van der Waals surface area (Å²) in [6.07, 6.45) is 1.57. The summed E-state index contributed by atoms with van der Waals surface area (Å²) in [5.74, 6) is 0.446. The normalized spacial score (nSPS) is 9.77. The first-order valence-corrected chi connectivity index (χ1v) is 4.46. The van der Waals surface area contributed by atoms with E-state index in [1.54, 1.807) is 6.20 Å². The van der Waals surface area contributed by atoms with E-state index in [1.807, 2.05) is 0 Å². The number of ether oxygens (including phenoxy) is 2. The summed E-state index contributed by atoms with van der Waals surface area (Å²) >= 11 is 3.23. The molecule has 0 aliphatic carbocycles. The Morgan fingerprint density at radius 1 is 1.62 bits per heavy atom. The van der Waals surface area contributed by atoms with Gasteiger partial charge in [0, 0.05) is 6.54 Å². The minimum absolute atomic E-state index is 0.269. The molecule has 0 aliphatic heterocycles. The van der Waals surface area contributed by atoms with Gasteiger partial charge < -0.3 is 15.2 Å². The van der Waals surface area contributed by atoms with Gasteiger partial charge in [0.25, 0.3) is 0 Å². The molecule has 13 heavy (non-hydrogen) atoms. The van der Waals surface area contributed by atoms with Crippen molar-refractivity contribution < 1.29 is 9.47 Å². The van der Waals surface area contributed by atoms with Gasteiger partial charge in [0.15, 0.2) is 0 Å². The molecule has 0 spiro atoms. The highest BCUT2D eigenvalue weighted by molar-refractivity contribution is 9.10. The van der Waals surface area contributed by atoms with E-state index < -0.39 is 0 Å². The molecule has 0 unspecified atom stereocenters. The number of hydrogen-bond acceptors (Lipinski definition) is 5. The topological polar surface area (TPSA) is 70.3 Å². The molecule has 0 radical (unpaired) electrons. The van der Waals surface area contributed by atoms with Crippen molar-refractivity contribution >= 4 is 15.9 Å². The Labute approximate surface area is 84.4 Å². The van der Waals surface area contributed by atoms with Crippen LogP contribution in [0.2, 0.25) is 0 Å².